The summed E-state index contributed by atoms with van der Waals surface area (Å²) in [5.41, 5.74) is 1.57. The molecule has 0 fully saturated rings. The zero-order valence-corrected chi connectivity index (χ0v) is 21.0. The van der Waals surface area contributed by atoms with Gasteiger partial charge in [0.15, 0.2) is 5.13 Å². The van der Waals surface area contributed by atoms with Crippen LogP contribution in [-0.2, 0) is 13.0 Å². The van der Waals surface area contributed by atoms with Crippen LogP contribution in [0, 0.1) is 0 Å². The molecule has 0 aliphatic carbocycles. The number of aromatic nitrogens is 3. The second-order valence-electron chi connectivity index (χ2n) is 8.04. The Bertz CT molecular complexity index is 1150. The number of urea groups is 1. The van der Waals surface area contributed by atoms with E-state index >= 15 is 0 Å². The Labute approximate surface area is 208 Å². The van der Waals surface area contributed by atoms with Gasteiger partial charge in [0.1, 0.15) is 18.2 Å². The molecule has 1 aliphatic rings. The molecule has 0 unspecified atom stereocenters. The summed E-state index contributed by atoms with van der Waals surface area (Å²) >= 11 is 1.45. The van der Waals surface area contributed by atoms with Gasteiger partial charge >= 0.3 is 12.0 Å². The molecule has 0 saturated heterocycles. The minimum atomic E-state index is -0.373. The van der Waals surface area contributed by atoms with Crippen LogP contribution in [0.3, 0.4) is 0 Å². The zero-order chi connectivity index (χ0) is 24.8. The molecule has 35 heavy (non-hydrogen) atoms. The van der Waals surface area contributed by atoms with Crippen LogP contribution in [-0.4, -0.2) is 73.9 Å². The number of para-hydroxylation sites is 2. The molecular formula is C23H29N7O4S. The standard InChI is InChI=1S/C23H29N7O4S/c1-29(2)11-12-34-17-8-6-5-7-15(17)24-21(31)28-23-25-16-9-10-30(14-18(16)35-23)19-13-20(32-3)27-22(26-19)33-4/h5-8,13H,9-12,14H2,1-4H3,(H2,24,25,28,31). The third-order valence-corrected chi connectivity index (χ3v) is 6.27. The molecule has 0 spiro atoms. The number of ether oxygens (including phenoxy) is 3. The molecular weight excluding hydrogens is 470 g/mol. The van der Waals surface area contributed by atoms with E-state index in [1.54, 1.807) is 19.2 Å². The van der Waals surface area contributed by atoms with Gasteiger partial charge in [0.05, 0.1) is 32.1 Å². The molecule has 2 aromatic heterocycles. The van der Waals surface area contributed by atoms with E-state index < -0.39 is 0 Å². The average molecular weight is 500 g/mol. The number of carbonyl (C=O) groups is 1. The molecule has 1 aliphatic heterocycles. The van der Waals surface area contributed by atoms with E-state index in [-0.39, 0.29) is 12.0 Å². The number of anilines is 3. The molecule has 0 bridgehead atoms. The van der Waals surface area contributed by atoms with Gasteiger partial charge in [0, 0.05) is 30.5 Å². The number of hydrogen-bond acceptors (Lipinski definition) is 10. The number of thiazole rings is 1. The lowest BCUT2D eigenvalue weighted by molar-refractivity contribution is 0.258. The monoisotopic (exact) mass is 499 g/mol. The second-order valence-corrected chi connectivity index (χ2v) is 9.13. The van der Waals surface area contributed by atoms with Crippen molar-refractivity contribution in [3.63, 3.8) is 0 Å². The maximum atomic E-state index is 12.7. The highest BCUT2D eigenvalue weighted by atomic mass is 32.1. The van der Waals surface area contributed by atoms with Crippen molar-refractivity contribution in [2.45, 2.75) is 13.0 Å². The predicted molar refractivity (Wildman–Crippen MR) is 135 cm³/mol. The van der Waals surface area contributed by atoms with Crippen LogP contribution in [0.5, 0.6) is 17.6 Å². The largest absolute Gasteiger partial charge is 0.490 e. The van der Waals surface area contributed by atoms with Crippen molar-refractivity contribution in [1.29, 1.82) is 0 Å². The van der Waals surface area contributed by atoms with Crippen LogP contribution in [0.25, 0.3) is 0 Å². The molecule has 12 heteroatoms. The quantitative estimate of drug-likeness (QED) is 0.458. The number of likely N-dealkylation sites (N-methyl/N-ethyl adjacent to an activating group) is 1. The van der Waals surface area contributed by atoms with E-state index in [1.165, 1.54) is 18.4 Å². The van der Waals surface area contributed by atoms with Gasteiger partial charge in [-0.15, -0.1) is 0 Å². The van der Waals surface area contributed by atoms with Crippen LogP contribution < -0.4 is 29.7 Å². The SMILES string of the molecule is COc1cc(N2CCc3nc(NC(=O)Nc4ccccc4OCCN(C)C)sc3C2)nc(OC)n1. The minimum absolute atomic E-state index is 0.249. The van der Waals surface area contributed by atoms with Gasteiger partial charge in [-0.25, -0.2) is 9.78 Å². The topological polar surface area (TPSA) is 114 Å². The fraction of sp³-hybridized carbons (Fsp3) is 0.391. The Hall–Kier alpha value is -3.64. The highest BCUT2D eigenvalue weighted by molar-refractivity contribution is 7.15. The molecule has 2 N–H and O–H groups in total. The van der Waals surface area contributed by atoms with Crippen molar-refractivity contribution in [2.24, 2.45) is 0 Å². The second kappa shape index (κ2) is 11.2. The average Bonchev–Trinajstić information content (AvgIpc) is 3.25. The molecule has 3 heterocycles. The van der Waals surface area contributed by atoms with Gasteiger partial charge in [0.25, 0.3) is 0 Å². The van der Waals surface area contributed by atoms with E-state index in [0.717, 1.165) is 30.1 Å². The van der Waals surface area contributed by atoms with Crippen molar-refractivity contribution in [3.8, 4) is 17.6 Å². The van der Waals surface area contributed by atoms with Gasteiger partial charge in [0.2, 0.25) is 5.88 Å². The third-order valence-electron chi connectivity index (χ3n) is 5.27. The summed E-state index contributed by atoms with van der Waals surface area (Å²) < 4.78 is 16.3. The summed E-state index contributed by atoms with van der Waals surface area (Å²) in [5, 5.41) is 6.25. The van der Waals surface area contributed by atoms with E-state index in [1.807, 2.05) is 37.2 Å². The fourth-order valence-corrected chi connectivity index (χ4v) is 4.50. The molecule has 1 aromatic carbocycles. The highest BCUT2D eigenvalue weighted by Gasteiger charge is 2.23. The summed E-state index contributed by atoms with van der Waals surface area (Å²) in [7, 11) is 7.04. The summed E-state index contributed by atoms with van der Waals surface area (Å²) in [5.74, 6) is 1.77. The van der Waals surface area contributed by atoms with Crippen molar-refractivity contribution >= 4 is 34.0 Å². The normalized spacial score (nSPS) is 12.8. The Morgan fingerprint density at radius 2 is 1.97 bits per heavy atom. The molecule has 11 nitrogen and oxygen atoms in total. The fourth-order valence-electron chi connectivity index (χ4n) is 3.48. The lowest BCUT2D eigenvalue weighted by Crippen LogP contribution is -2.30. The zero-order valence-electron chi connectivity index (χ0n) is 20.2. The van der Waals surface area contributed by atoms with E-state index in [9.17, 15) is 4.79 Å². The third kappa shape index (κ3) is 6.28. The number of benzene rings is 1. The number of rotatable bonds is 9. The van der Waals surface area contributed by atoms with E-state index in [0.29, 0.717) is 41.4 Å². The smallest absolute Gasteiger partial charge is 0.325 e. The van der Waals surface area contributed by atoms with Crippen LogP contribution in [0.4, 0.5) is 21.4 Å². The summed E-state index contributed by atoms with van der Waals surface area (Å²) in [6, 6.07) is 9.01. The van der Waals surface area contributed by atoms with Gasteiger partial charge in [-0.2, -0.15) is 9.97 Å². The first-order valence-corrected chi connectivity index (χ1v) is 11.9. The van der Waals surface area contributed by atoms with E-state index in [2.05, 4.69) is 30.5 Å². The Balaban J connectivity index is 1.40. The molecule has 0 radical (unpaired) electrons. The number of carbonyl (C=O) groups excluding carboxylic acids is 1. The van der Waals surface area contributed by atoms with Crippen LogP contribution in [0.15, 0.2) is 30.3 Å². The Morgan fingerprint density at radius 3 is 2.74 bits per heavy atom. The lowest BCUT2D eigenvalue weighted by Gasteiger charge is -2.27. The van der Waals surface area contributed by atoms with Crippen LogP contribution in [0.1, 0.15) is 10.6 Å². The Kier molecular flexibility index (Phi) is 7.83. The van der Waals surface area contributed by atoms with Crippen LogP contribution >= 0.6 is 11.3 Å². The first-order chi connectivity index (χ1) is 16.9. The number of nitrogens with one attached hydrogen (secondary N) is 2. The van der Waals surface area contributed by atoms with Gasteiger partial charge in [-0.1, -0.05) is 23.5 Å². The highest BCUT2D eigenvalue weighted by Crippen LogP contribution is 2.32. The van der Waals surface area contributed by atoms with Crippen molar-refractivity contribution in [3.05, 3.63) is 40.9 Å². The lowest BCUT2D eigenvalue weighted by atomic mass is 10.2. The number of methoxy groups -OCH3 is 2. The summed E-state index contributed by atoms with van der Waals surface area (Å²) in [4.78, 5) is 31.1. The van der Waals surface area contributed by atoms with Gasteiger partial charge < -0.3 is 29.3 Å². The maximum Gasteiger partial charge on any atom is 0.325 e. The van der Waals surface area contributed by atoms with E-state index in [4.69, 9.17) is 14.2 Å². The minimum Gasteiger partial charge on any atom is -0.490 e. The number of amides is 2. The van der Waals surface area contributed by atoms with Gasteiger partial charge in [-0.05, 0) is 26.2 Å². The molecule has 0 saturated carbocycles. The van der Waals surface area contributed by atoms with Crippen molar-refractivity contribution in [1.82, 2.24) is 19.9 Å². The van der Waals surface area contributed by atoms with Gasteiger partial charge in [-0.3, -0.25) is 5.32 Å². The number of fused-ring (bicyclic) bond motifs is 1. The van der Waals surface area contributed by atoms with Crippen molar-refractivity contribution in [2.75, 3.05) is 63.5 Å². The summed E-state index contributed by atoms with van der Waals surface area (Å²) in [6.07, 6.45) is 0.728. The maximum absolute atomic E-state index is 12.7. The van der Waals surface area contributed by atoms with Crippen molar-refractivity contribution < 1.29 is 19.0 Å². The Morgan fingerprint density at radius 1 is 1.14 bits per heavy atom. The molecule has 0 atom stereocenters. The number of hydrogen-bond donors (Lipinski definition) is 2. The first-order valence-electron chi connectivity index (χ1n) is 11.1. The molecule has 4 rings (SSSR count). The predicted octanol–water partition coefficient (Wildman–Crippen LogP) is 3.10. The number of nitrogens with zero attached hydrogens (tertiary/aromatic N) is 5. The summed E-state index contributed by atoms with van der Waals surface area (Å²) in [6.45, 7) is 2.63. The molecule has 2 amide bonds. The molecule has 3 aromatic rings. The molecule has 186 valence electrons. The van der Waals surface area contributed by atoms with Crippen LogP contribution in [0.2, 0.25) is 0 Å². The first kappa shape index (κ1) is 24.5.